The van der Waals surface area contributed by atoms with Gasteiger partial charge in [0.15, 0.2) is 0 Å². The van der Waals surface area contributed by atoms with Crippen molar-refractivity contribution in [2.45, 2.75) is 32.9 Å². The van der Waals surface area contributed by atoms with E-state index in [9.17, 15) is 0 Å². The van der Waals surface area contributed by atoms with Crippen molar-refractivity contribution in [2.75, 3.05) is 0 Å². The van der Waals surface area contributed by atoms with Crippen molar-refractivity contribution in [1.29, 1.82) is 0 Å². The minimum atomic E-state index is 0.146. The van der Waals surface area contributed by atoms with Crippen LogP contribution in [0.1, 0.15) is 20.8 Å². The van der Waals surface area contributed by atoms with Crippen LogP contribution in [0.3, 0.4) is 0 Å². The van der Waals surface area contributed by atoms with E-state index in [1.54, 1.807) is 11.4 Å². The number of nitrogens with zero attached hydrogens (tertiary/aromatic N) is 2. The van der Waals surface area contributed by atoms with E-state index >= 15 is 0 Å². The van der Waals surface area contributed by atoms with E-state index in [2.05, 4.69) is 5.10 Å². The van der Waals surface area contributed by atoms with Crippen molar-refractivity contribution >= 4 is 6.21 Å². The molecule has 1 heterocycles. The molecule has 0 amide bonds. The second-order valence-electron chi connectivity index (χ2n) is 2.47. The van der Waals surface area contributed by atoms with Gasteiger partial charge in [-0.25, -0.2) is 4.84 Å². The number of hydroxylamine groups is 1. The molecular formula is C6H12N2O. The molecule has 0 saturated heterocycles. The molecule has 0 N–H and O–H groups in total. The molecule has 0 fully saturated rings. The molecule has 0 aliphatic carbocycles. The predicted molar refractivity (Wildman–Crippen MR) is 36.0 cm³/mol. The van der Waals surface area contributed by atoms with Crippen molar-refractivity contribution in [2.24, 2.45) is 5.10 Å². The van der Waals surface area contributed by atoms with E-state index in [0.717, 1.165) is 0 Å². The molecule has 1 aliphatic heterocycles. The number of hydrogen-bond donors (Lipinski definition) is 0. The first-order valence-electron chi connectivity index (χ1n) is 3.20. The van der Waals surface area contributed by atoms with Gasteiger partial charge in [0.25, 0.3) is 0 Å². The van der Waals surface area contributed by atoms with E-state index in [1.807, 2.05) is 20.8 Å². The summed E-state index contributed by atoms with van der Waals surface area (Å²) in [5.74, 6) is 0. The molecule has 3 nitrogen and oxygen atoms in total. The van der Waals surface area contributed by atoms with Crippen molar-refractivity contribution in [3.8, 4) is 0 Å². The fourth-order valence-electron chi connectivity index (χ4n) is 0.639. The van der Waals surface area contributed by atoms with Crippen molar-refractivity contribution in [1.82, 2.24) is 5.17 Å². The molecule has 52 valence electrons. The highest BCUT2D eigenvalue weighted by molar-refractivity contribution is 5.63. The zero-order valence-electron chi connectivity index (χ0n) is 6.03. The standard InChI is InChI=1S/C6H12N2O/c1-5(2)8-7-4-6(3)9-8/h4-6H,1-3H3. The molecule has 1 rings (SSSR count). The minimum Gasteiger partial charge on any atom is -0.247 e. The highest BCUT2D eigenvalue weighted by Crippen LogP contribution is 2.08. The molecule has 0 aromatic carbocycles. The van der Waals surface area contributed by atoms with Crippen LogP contribution < -0.4 is 0 Å². The van der Waals surface area contributed by atoms with Crippen LogP contribution in [0.2, 0.25) is 0 Å². The Morgan fingerprint density at radius 2 is 2.33 bits per heavy atom. The molecule has 1 unspecified atom stereocenters. The van der Waals surface area contributed by atoms with Crippen molar-refractivity contribution in [3.63, 3.8) is 0 Å². The molecule has 0 aromatic rings. The largest absolute Gasteiger partial charge is 0.247 e. The van der Waals surface area contributed by atoms with Gasteiger partial charge < -0.3 is 0 Å². The summed E-state index contributed by atoms with van der Waals surface area (Å²) in [6.07, 6.45) is 1.94. The third kappa shape index (κ3) is 1.42. The average Bonchev–Trinajstić information content (AvgIpc) is 2.14. The Morgan fingerprint density at radius 3 is 2.56 bits per heavy atom. The molecule has 9 heavy (non-hydrogen) atoms. The van der Waals surface area contributed by atoms with E-state index in [4.69, 9.17) is 4.84 Å². The Balaban J connectivity index is 2.41. The SMILES string of the molecule is CC1C=NN(C(C)C)O1. The second-order valence-corrected chi connectivity index (χ2v) is 2.47. The van der Waals surface area contributed by atoms with Crippen LogP contribution in [-0.2, 0) is 4.84 Å². The van der Waals surface area contributed by atoms with E-state index in [-0.39, 0.29) is 6.10 Å². The van der Waals surface area contributed by atoms with Crippen LogP contribution in [0, 0.1) is 0 Å². The zero-order chi connectivity index (χ0) is 6.85. The van der Waals surface area contributed by atoms with Crippen LogP contribution in [0.5, 0.6) is 0 Å². The Kier molecular flexibility index (Phi) is 1.71. The lowest BCUT2D eigenvalue weighted by Gasteiger charge is -2.17. The summed E-state index contributed by atoms with van der Waals surface area (Å²) < 4.78 is 0. The molecule has 0 saturated carbocycles. The zero-order valence-corrected chi connectivity index (χ0v) is 6.03. The van der Waals surface area contributed by atoms with Gasteiger partial charge in [-0.2, -0.15) is 10.3 Å². The Morgan fingerprint density at radius 1 is 1.67 bits per heavy atom. The number of hydrazone groups is 1. The lowest BCUT2D eigenvalue weighted by atomic mass is 10.4. The Hall–Kier alpha value is -0.570. The topological polar surface area (TPSA) is 24.8 Å². The second kappa shape index (κ2) is 2.35. The average molecular weight is 128 g/mol. The molecule has 1 atom stereocenters. The monoisotopic (exact) mass is 128 g/mol. The van der Waals surface area contributed by atoms with Gasteiger partial charge in [0.1, 0.15) is 6.10 Å². The summed E-state index contributed by atoms with van der Waals surface area (Å²) in [6.45, 7) is 6.04. The van der Waals surface area contributed by atoms with Gasteiger partial charge in [-0.3, -0.25) is 0 Å². The smallest absolute Gasteiger partial charge is 0.122 e. The van der Waals surface area contributed by atoms with Gasteiger partial charge in [0, 0.05) is 0 Å². The van der Waals surface area contributed by atoms with Gasteiger partial charge in [0.05, 0.1) is 12.3 Å². The van der Waals surface area contributed by atoms with Crippen LogP contribution in [0.4, 0.5) is 0 Å². The van der Waals surface area contributed by atoms with Crippen LogP contribution in [-0.4, -0.2) is 23.5 Å². The third-order valence-corrected chi connectivity index (χ3v) is 1.11. The van der Waals surface area contributed by atoms with Gasteiger partial charge in [0.2, 0.25) is 0 Å². The lowest BCUT2D eigenvalue weighted by molar-refractivity contribution is -0.173. The van der Waals surface area contributed by atoms with Gasteiger partial charge in [-0.15, -0.1) is 0 Å². The molecule has 0 bridgehead atoms. The van der Waals surface area contributed by atoms with Gasteiger partial charge in [-0.05, 0) is 20.8 Å². The summed E-state index contributed by atoms with van der Waals surface area (Å²) in [5.41, 5.74) is 0. The predicted octanol–water partition coefficient (Wildman–Crippen LogP) is 1.02. The maximum absolute atomic E-state index is 5.23. The van der Waals surface area contributed by atoms with Gasteiger partial charge >= 0.3 is 0 Å². The first-order valence-corrected chi connectivity index (χ1v) is 3.20. The number of rotatable bonds is 1. The molecule has 3 heteroatoms. The molecule has 0 spiro atoms. The molecule has 0 aromatic heterocycles. The summed E-state index contributed by atoms with van der Waals surface area (Å²) >= 11 is 0. The third-order valence-electron chi connectivity index (χ3n) is 1.11. The number of hydrogen-bond acceptors (Lipinski definition) is 3. The highest BCUT2D eigenvalue weighted by atomic mass is 16.7. The van der Waals surface area contributed by atoms with E-state index < -0.39 is 0 Å². The fourth-order valence-corrected chi connectivity index (χ4v) is 0.639. The fraction of sp³-hybridized carbons (Fsp3) is 0.833. The summed E-state index contributed by atoms with van der Waals surface area (Å²) in [6, 6.07) is 0.339. The Labute approximate surface area is 55.3 Å². The molecular weight excluding hydrogens is 116 g/mol. The van der Waals surface area contributed by atoms with Crippen molar-refractivity contribution in [3.05, 3.63) is 0 Å². The van der Waals surface area contributed by atoms with Crippen molar-refractivity contribution < 1.29 is 4.84 Å². The maximum Gasteiger partial charge on any atom is 0.122 e. The molecule has 1 aliphatic rings. The normalized spacial score (nSPS) is 26.2. The summed E-state index contributed by atoms with van der Waals surface area (Å²) in [5, 5.41) is 5.62. The quantitative estimate of drug-likeness (QED) is 0.526. The molecule has 0 radical (unpaired) electrons. The summed E-state index contributed by atoms with van der Waals surface area (Å²) in [7, 11) is 0. The maximum atomic E-state index is 5.23. The van der Waals surface area contributed by atoms with E-state index in [1.165, 1.54) is 0 Å². The van der Waals surface area contributed by atoms with Gasteiger partial charge in [-0.1, -0.05) is 0 Å². The lowest BCUT2D eigenvalue weighted by Crippen LogP contribution is -2.23. The highest BCUT2D eigenvalue weighted by Gasteiger charge is 2.15. The van der Waals surface area contributed by atoms with Crippen LogP contribution in [0.25, 0.3) is 0 Å². The first kappa shape index (κ1) is 6.55. The van der Waals surface area contributed by atoms with Crippen LogP contribution >= 0.6 is 0 Å². The Bertz CT molecular complexity index is 122. The first-order chi connectivity index (χ1) is 4.20. The van der Waals surface area contributed by atoms with E-state index in [0.29, 0.717) is 6.04 Å². The summed E-state index contributed by atoms with van der Waals surface area (Å²) in [4.78, 5) is 5.23. The minimum absolute atomic E-state index is 0.146. The van der Waals surface area contributed by atoms with Crippen LogP contribution in [0.15, 0.2) is 5.10 Å².